The van der Waals surface area contributed by atoms with Gasteiger partial charge in [-0.25, -0.2) is 0 Å². The molecular formula is C43H56N2O9. The van der Waals surface area contributed by atoms with E-state index in [1.165, 1.54) is 0 Å². The zero-order chi connectivity index (χ0) is 38.5. The molecule has 1 fully saturated rings. The van der Waals surface area contributed by atoms with Gasteiger partial charge in [0.2, 0.25) is 12.6 Å². The van der Waals surface area contributed by atoms with Crippen LogP contribution >= 0.6 is 0 Å². The first-order chi connectivity index (χ1) is 26.0. The summed E-state index contributed by atoms with van der Waals surface area (Å²) < 4.78 is 31.4. The van der Waals surface area contributed by atoms with E-state index in [1.54, 1.807) is 42.3 Å². The van der Waals surface area contributed by atoms with Crippen LogP contribution in [0.3, 0.4) is 0 Å². The normalized spacial score (nSPS) is 25.9. The Hall–Kier alpha value is -4.32. The van der Waals surface area contributed by atoms with Crippen LogP contribution < -0.4 is 18.9 Å². The molecule has 0 spiro atoms. The Morgan fingerprint density at radius 2 is 1.70 bits per heavy atom. The number of carbonyl (C=O) groups excluding carboxylic acids is 1. The fraction of sp³-hybridized carbons (Fsp3) is 0.535. The number of rotatable bonds is 17. The molecule has 2 aliphatic heterocycles. The predicted molar refractivity (Wildman–Crippen MR) is 206 cm³/mol. The van der Waals surface area contributed by atoms with Crippen molar-refractivity contribution in [2.75, 3.05) is 40.3 Å². The van der Waals surface area contributed by atoms with Crippen LogP contribution in [-0.2, 0) is 9.57 Å². The van der Waals surface area contributed by atoms with E-state index < -0.39 is 23.3 Å². The SMILES string of the molecule is C=CCOc1ccc2c(c1)[C@H]1[C@H](CCCCO)[C@@H](CCCCO)C=C3C(=NOC(C)(C)C)C[C@H](N(C)C(=O)c4ccc5c(c4)OCO5)[C@@](OCC=C)(O2)[C@H]31. The third-order valence-electron chi connectivity index (χ3n) is 10.8. The van der Waals surface area contributed by atoms with Gasteiger partial charge >= 0.3 is 0 Å². The molecule has 11 nitrogen and oxygen atoms in total. The van der Waals surface area contributed by atoms with Crippen molar-refractivity contribution in [2.24, 2.45) is 22.9 Å². The number of ether oxygens (including phenoxy) is 5. The molecule has 1 saturated carbocycles. The lowest BCUT2D eigenvalue weighted by Crippen LogP contribution is -2.69. The fourth-order valence-electron chi connectivity index (χ4n) is 8.54. The zero-order valence-corrected chi connectivity index (χ0v) is 32.1. The van der Waals surface area contributed by atoms with Gasteiger partial charge in [0.1, 0.15) is 29.7 Å². The lowest BCUT2D eigenvalue weighted by Gasteiger charge is -2.59. The highest BCUT2D eigenvalue weighted by atomic mass is 16.7. The summed E-state index contributed by atoms with van der Waals surface area (Å²) in [7, 11) is 1.78. The van der Waals surface area contributed by atoms with Crippen LogP contribution in [0.25, 0.3) is 0 Å². The van der Waals surface area contributed by atoms with E-state index >= 15 is 0 Å². The van der Waals surface area contributed by atoms with Crippen molar-refractivity contribution in [1.82, 2.24) is 4.90 Å². The zero-order valence-electron chi connectivity index (χ0n) is 32.1. The molecule has 0 radical (unpaired) electrons. The highest BCUT2D eigenvalue weighted by molar-refractivity contribution is 6.03. The molecule has 0 bridgehead atoms. The highest BCUT2D eigenvalue weighted by Crippen LogP contribution is 2.62. The van der Waals surface area contributed by atoms with Gasteiger partial charge in [-0.1, -0.05) is 42.8 Å². The molecule has 292 valence electrons. The van der Waals surface area contributed by atoms with Crippen LogP contribution in [0.5, 0.6) is 23.0 Å². The number of fused-ring (bicyclic) bond motifs is 3. The average Bonchev–Trinajstić information content (AvgIpc) is 3.64. The first-order valence-electron chi connectivity index (χ1n) is 19.2. The second kappa shape index (κ2) is 17.0. The Morgan fingerprint density at radius 1 is 0.981 bits per heavy atom. The summed E-state index contributed by atoms with van der Waals surface area (Å²) in [5.41, 5.74) is 2.58. The highest BCUT2D eigenvalue weighted by Gasteiger charge is 2.65. The lowest BCUT2D eigenvalue weighted by atomic mass is 9.55. The van der Waals surface area contributed by atoms with Gasteiger partial charge in [0, 0.05) is 43.7 Å². The maximum absolute atomic E-state index is 14.6. The molecule has 2 aromatic carbocycles. The molecule has 6 rings (SSSR count). The van der Waals surface area contributed by atoms with Gasteiger partial charge in [-0.3, -0.25) is 4.79 Å². The largest absolute Gasteiger partial charge is 0.490 e. The second-order valence-corrected chi connectivity index (χ2v) is 15.6. The number of oxime groups is 1. The molecule has 2 aliphatic carbocycles. The topological polar surface area (TPSA) is 129 Å². The number of allylic oxidation sites excluding steroid dienone is 1. The van der Waals surface area contributed by atoms with Gasteiger partial charge < -0.3 is 43.6 Å². The third kappa shape index (κ3) is 8.04. The van der Waals surface area contributed by atoms with Crippen LogP contribution in [0.4, 0.5) is 0 Å². The van der Waals surface area contributed by atoms with E-state index in [0.29, 0.717) is 54.4 Å². The fourth-order valence-corrected chi connectivity index (χ4v) is 8.54. The van der Waals surface area contributed by atoms with Crippen molar-refractivity contribution in [3.63, 3.8) is 0 Å². The van der Waals surface area contributed by atoms with Crippen molar-refractivity contribution in [3.8, 4) is 23.0 Å². The molecule has 0 aromatic heterocycles. The van der Waals surface area contributed by atoms with Gasteiger partial charge in [0.15, 0.2) is 11.5 Å². The quantitative estimate of drug-likeness (QED) is 0.0984. The lowest BCUT2D eigenvalue weighted by molar-refractivity contribution is -0.252. The summed E-state index contributed by atoms with van der Waals surface area (Å²) in [4.78, 5) is 22.5. The van der Waals surface area contributed by atoms with Gasteiger partial charge in [-0.15, -0.1) is 6.58 Å². The Morgan fingerprint density at radius 3 is 2.43 bits per heavy atom. The van der Waals surface area contributed by atoms with Gasteiger partial charge in [-0.2, -0.15) is 0 Å². The predicted octanol–water partition coefficient (Wildman–Crippen LogP) is 7.18. The van der Waals surface area contributed by atoms with E-state index in [0.717, 1.165) is 42.5 Å². The monoisotopic (exact) mass is 744 g/mol. The molecule has 6 atom stereocenters. The molecule has 54 heavy (non-hydrogen) atoms. The van der Waals surface area contributed by atoms with Gasteiger partial charge in [0.05, 0.1) is 18.2 Å². The summed E-state index contributed by atoms with van der Waals surface area (Å²) in [6.07, 6.45) is 10.8. The number of hydrogen-bond donors (Lipinski definition) is 2. The Bertz CT molecular complexity index is 1730. The Balaban J connectivity index is 1.57. The van der Waals surface area contributed by atoms with Crippen LogP contribution in [-0.4, -0.2) is 84.4 Å². The first-order valence-corrected chi connectivity index (χ1v) is 19.2. The number of hydrogen-bond acceptors (Lipinski definition) is 10. The summed E-state index contributed by atoms with van der Waals surface area (Å²) >= 11 is 0. The van der Waals surface area contributed by atoms with Gasteiger partial charge in [0.25, 0.3) is 5.91 Å². The standard InChI is InChI=1S/C43H56N2O9/c1-7-21-49-30-16-18-35-33(25-30)39-31(14-10-12-20-47)28(13-9-11-19-46)23-32-34(44-54-42(3,4)5)26-38(43(53-35,40(32)39)52-22-8-2)45(6)41(48)29-15-17-36-37(24-29)51-27-50-36/h7-8,15-18,23-25,28,31,38-40,46-47H,1-2,9-14,19-22,26-27H2,3-6H3/t28-,31+,38-,39+,40+,43+/m0/s1. The molecule has 2 N–H and O–H groups in total. The maximum Gasteiger partial charge on any atom is 0.254 e. The van der Waals surface area contributed by atoms with Crippen LogP contribution in [0.1, 0.15) is 87.6 Å². The number of nitrogens with zero attached hydrogens (tertiary/aromatic N) is 2. The minimum atomic E-state index is -1.35. The molecule has 2 aromatic rings. The smallest absolute Gasteiger partial charge is 0.254 e. The third-order valence-corrected chi connectivity index (χ3v) is 10.8. The van der Waals surface area contributed by atoms with E-state index in [-0.39, 0.29) is 50.3 Å². The minimum absolute atomic E-state index is 0.101. The summed E-state index contributed by atoms with van der Waals surface area (Å²) in [6, 6.07) is 10.5. The minimum Gasteiger partial charge on any atom is -0.490 e. The van der Waals surface area contributed by atoms with Crippen molar-refractivity contribution in [3.05, 3.63) is 84.5 Å². The van der Waals surface area contributed by atoms with Crippen molar-refractivity contribution in [2.45, 2.75) is 89.1 Å². The van der Waals surface area contributed by atoms with Crippen molar-refractivity contribution in [1.29, 1.82) is 0 Å². The van der Waals surface area contributed by atoms with E-state index in [2.05, 4.69) is 25.3 Å². The molecule has 4 aliphatic rings. The second-order valence-electron chi connectivity index (χ2n) is 15.6. The van der Waals surface area contributed by atoms with Crippen molar-refractivity contribution < 1.29 is 43.5 Å². The van der Waals surface area contributed by atoms with E-state index in [4.69, 9.17) is 33.7 Å². The number of likely N-dealkylation sites (N-methyl/N-ethyl adjacent to an activating group) is 1. The van der Waals surface area contributed by atoms with E-state index in [9.17, 15) is 15.0 Å². The number of amides is 1. The van der Waals surface area contributed by atoms with Crippen LogP contribution in [0.2, 0.25) is 0 Å². The molecule has 0 saturated heterocycles. The Kier molecular flexibility index (Phi) is 12.4. The molecule has 11 heteroatoms. The van der Waals surface area contributed by atoms with Crippen LogP contribution in [0.15, 0.2) is 78.5 Å². The number of aliphatic hydroxyl groups excluding tert-OH is 2. The summed E-state index contributed by atoms with van der Waals surface area (Å²) in [6.45, 7) is 14.6. The number of carbonyl (C=O) groups is 1. The maximum atomic E-state index is 14.6. The van der Waals surface area contributed by atoms with E-state index in [1.807, 2.05) is 32.9 Å². The summed E-state index contributed by atoms with van der Waals surface area (Å²) in [5.74, 6) is 0.540. The average molecular weight is 745 g/mol. The first kappa shape index (κ1) is 39.4. The van der Waals surface area contributed by atoms with Gasteiger partial charge in [-0.05, 0) is 100 Å². The molecular weight excluding hydrogens is 688 g/mol. The van der Waals surface area contributed by atoms with Crippen LogP contribution in [0, 0.1) is 17.8 Å². The van der Waals surface area contributed by atoms with Crippen molar-refractivity contribution >= 4 is 11.6 Å². The molecule has 0 unspecified atom stereocenters. The number of aliphatic hydroxyl groups is 2. The number of benzene rings is 2. The summed E-state index contributed by atoms with van der Waals surface area (Å²) in [5, 5.41) is 24.5. The number of unbranched alkanes of at least 4 members (excludes halogenated alkanes) is 2. The molecule has 2 heterocycles. The Labute approximate surface area is 319 Å². The molecule has 1 amide bonds.